The summed E-state index contributed by atoms with van der Waals surface area (Å²) in [6, 6.07) is 0. The Morgan fingerprint density at radius 3 is 2.88 bits per heavy atom. The average Bonchev–Trinajstić information content (AvgIpc) is 2.12. The fourth-order valence-corrected chi connectivity index (χ4v) is 0.651. The van der Waals surface area contributed by atoms with E-state index in [1.165, 1.54) is 0 Å². The standard InChI is InChI=1S/C6H9O2/c1-5(7)6-3-2-4-8-6/h2-3,5-7H,1,4H2/t5-,6-/m0/s1. The molecule has 0 saturated heterocycles. The van der Waals surface area contributed by atoms with Gasteiger partial charge in [0.15, 0.2) is 0 Å². The molecule has 1 heterocycles. The molecule has 2 heteroatoms. The summed E-state index contributed by atoms with van der Waals surface area (Å²) in [6.07, 6.45) is 2.90. The van der Waals surface area contributed by atoms with E-state index >= 15 is 0 Å². The van der Waals surface area contributed by atoms with E-state index in [0.29, 0.717) is 6.61 Å². The summed E-state index contributed by atoms with van der Waals surface area (Å²) in [5, 5.41) is 8.76. The van der Waals surface area contributed by atoms with Crippen LogP contribution >= 0.6 is 0 Å². The van der Waals surface area contributed by atoms with Gasteiger partial charge in [-0.1, -0.05) is 12.2 Å². The van der Waals surface area contributed by atoms with Crippen LogP contribution in [0.5, 0.6) is 0 Å². The lowest BCUT2D eigenvalue weighted by Gasteiger charge is -2.09. The van der Waals surface area contributed by atoms with Crippen molar-refractivity contribution in [2.45, 2.75) is 12.2 Å². The first kappa shape index (κ1) is 5.79. The summed E-state index contributed by atoms with van der Waals surface area (Å²) in [7, 11) is 0. The number of rotatable bonds is 1. The lowest BCUT2D eigenvalue weighted by molar-refractivity contribution is 0.0367. The Balaban J connectivity index is 2.36. The van der Waals surface area contributed by atoms with Gasteiger partial charge < -0.3 is 9.84 Å². The second-order valence-corrected chi connectivity index (χ2v) is 1.79. The van der Waals surface area contributed by atoms with E-state index in [2.05, 4.69) is 6.92 Å². The highest BCUT2D eigenvalue weighted by atomic mass is 16.5. The van der Waals surface area contributed by atoms with Gasteiger partial charge in [-0.05, 0) is 6.92 Å². The molecule has 0 aromatic heterocycles. The largest absolute Gasteiger partial charge is 0.390 e. The minimum atomic E-state index is -0.617. The number of hydrogen-bond donors (Lipinski definition) is 1. The molecule has 0 fully saturated rings. The van der Waals surface area contributed by atoms with Crippen LogP contribution < -0.4 is 0 Å². The van der Waals surface area contributed by atoms with E-state index in [1.54, 1.807) is 0 Å². The zero-order valence-electron chi connectivity index (χ0n) is 4.58. The molecule has 0 unspecified atom stereocenters. The van der Waals surface area contributed by atoms with Gasteiger partial charge in [0, 0.05) is 0 Å². The van der Waals surface area contributed by atoms with Crippen molar-refractivity contribution in [3.8, 4) is 0 Å². The second kappa shape index (κ2) is 2.29. The summed E-state index contributed by atoms with van der Waals surface area (Å²) in [5.74, 6) is 0. The van der Waals surface area contributed by atoms with Crippen LogP contribution in [0, 0.1) is 6.92 Å². The molecule has 0 aromatic carbocycles. The summed E-state index contributed by atoms with van der Waals surface area (Å²) in [4.78, 5) is 0. The predicted molar refractivity (Wildman–Crippen MR) is 30.2 cm³/mol. The molecular weight excluding hydrogens is 104 g/mol. The van der Waals surface area contributed by atoms with Crippen molar-refractivity contribution in [2.24, 2.45) is 0 Å². The zero-order chi connectivity index (χ0) is 5.98. The molecule has 45 valence electrons. The predicted octanol–water partition coefficient (Wildman–Crippen LogP) is 0.136. The average molecular weight is 113 g/mol. The number of hydrogen-bond acceptors (Lipinski definition) is 2. The third-order valence-electron chi connectivity index (χ3n) is 1.09. The quantitative estimate of drug-likeness (QED) is 0.490. The molecular formula is C6H9O2. The number of ether oxygens (including phenoxy) is 1. The molecule has 0 aromatic rings. The van der Waals surface area contributed by atoms with Gasteiger partial charge in [0.05, 0.1) is 12.7 Å². The molecule has 0 spiro atoms. The minimum Gasteiger partial charge on any atom is -0.390 e. The Bertz CT molecular complexity index is 96.7. The molecule has 1 radical (unpaired) electrons. The highest BCUT2D eigenvalue weighted by Gasteiger charge is 2.14. The summed E-state index contributed by atoms with van der Waals surface area (Å²) in [6.45, 7) is 4.01. The molecule has 8 heavy (non-hydrogen) atoms. The molecule has 1 rings (SSSR count). The molecule has 2 atom stereocenters. The lowest BCUT2D eigenvalue weighted by Crippen LogP contribution is -2.20. The van der Waals surface area contributed by atoms with Crippen molar-refractivity contribution in [1.29, 1.82) is 0 Å². The zero-order valence-corrected chi connectivity index (χ0v) is 4.58. The SMILES string of the molecule is [CH2][C@H](O)[C@@H]1C=CCO1. The maximum Gasteiger partial charge on any atom is 0.102 e. The Morgan fingerprint density at radius 1 is 1.88 bits per heavy atom. The van der Waals surface area contributed by atoms with Gasteiger partial charge in [0.1, 0.15) is 6.10 Å². The monoisotopic (exact) mass is 113 g/mol. The van der Waals surface area contributed by atoms with Gasteiger partial charge in [-0.25, -0.2) is 0 Å². The van der Waals surface area contributed by atoms with Crippen LogP contribution in [0.25, 0.3) is 0 Å². The van der Waals surface area contributed by atoms with E-state index in [0.717, 1.165) is 0 Å². The Hall–Kier alpha value is -0.340. The molecule has 0 aliphatic carbocycles. The Kier molecular flexibility index (Phi) is 1.65. The number of aliphatic hydroxyl groups is 1. The Morgan fingerprint density at radius 2 is 2.62 bits per heavy atom. The van der Waals surface area contributed by atoms with Crippen molar-refractivity contribution >= 4 is 0 Å². The first-order valence-corrected chi connectivity index (χ1v) is 2.60. The van der Waals surface area contributed by atoms with E-state index in [-0.39, 0.29) is 6.10 Å². The smallest absolute Gasteiger partial charge is 0.102 e. The molecule has 2 nitrogen and oxygen atoms in total. The maximum atomic E-state index is 8.76. The molecule has 0 saturated carbocycles. The summed E-state index contributed by atoms with van der Waals surface area (Å²) in [5.41, 5.74) is 0. The Labute approximate surface area is 48.8 Å². The van der Waals surface area contributed by atoms with Gasteiger partial charge in [-0.15, -0.1) is 0 Å². The third kappa shape index (κ3) is 1.08. The van der Waals surface area contributed by atoms with Crippen molar-refractivity contribution < 1.29 is 9.84 Å². The van der Waals surface area contributed by atoms with Gasteiger partial charge in [0.25, 0.3) is 0 Å². The minimum absolute atomic E-state index is 0.171. The highest BCUT2D eigenvalue weighted by Crippen LogP contribution is 2.06. The van der Waals surface area contributed by atoms with E-state index in [9.17, 15) is 0 Å². The van der Waals surface area contributed by atoms with Crippen molar-refractivity contribution in [3.05, 3.63) is 19.1 Å². The fraction of sp³-hybridized carbons (Fsp3) is 0.500. The van der Waals surface area contributed by atoms with Crippen molar-refractivity contribution in [3.63, 3.8) is 0 Å². The summed E-state index contributed by atoms with van der Waals surface area (Å²) >= 11 is 0. The van der Waals surface area contributed by atoms with Crippen LogP contribution in [-0.4, -0.2) is 23.9 Å². The molecule has 1 N–H and O–H groups in total. The third-order valence-corrected chi connectivity index (χ3v) is 1.09. The van der Waals surface area contributed by atoms with Crippen LogP contribution in [0.4, 0.5) is 0 Å². The van der Waals surface area contributed by atoms with Crippen LogP contribution in [-0.2, 0) is 4.74 Å². The molecule has 0 amide bonds. The first-order chi connectivity index (χ1) is 3.80. The van der Waals surface area contributed by atoms with Crippen molar-refractivity contribution in [2.75, 3.05) is 6.61 Å². The van der Waals surface area contributed by atoms with E-state index in [1.807, 2.05) is 12.2 Å². The highest BCUT2D eigenvalue weighted by molar-refractivity contribution is 4.99. The lowest BCUT2D eigenvalue weighted by atomic mass is 10.2. The molecule has 1 aliphatic heterocycles. The van der Waals surface area contributed by atoms with Crippen molar-refractivity contribution in [1.82, 2.24) is 0 Å². The van der Waals surface area contributed by atoms with Crippen LogP contribution in [0.2, 0.25) is 0 Å². The normalized spacial score (nSPS) is 31.0. The van der Waals surface area contributed by atoms with E-state index in [4.69, 9.17) is 9.84 Å². The molecule has 0 bridgehead atoms. The fourth-order valence-electron chi connectivity index (χ4n) is 0.651. The second-order valence-electron chi connectivity index (χ2n) is 1.79. The van der Waals surface area contributed by atoms with Gasteiger partial charge >= 0.3 is 0 Å². The maximum absolute atomic E-state index is 8.76. The van der Waals surface area contributed by atoms with Gasteiger partial charge in [0.2, 0.25) is 0 Å². The first-order valence-electron chi connectivity index (χ1n) is 2.60. The topological polar surface area (TPSA) is 29.5 Å². The van der Waals surface area contributed by atoms with Crippen LogP contribution in [0.3, 0.4) is 0 Å². The van der Waals surface area contributed by atoms with Gasteiger partial charge in [-0.3, -0.25) is 0 Å². The molecule has 1 aliphatic rings. The number of aliphatic hydroxyl groups excluding tert-OH is 1. The van der Waals surface area contributed by atoms with Crippen LogP contribution in [0.15, 0.2) is 12.2 Å². The summed E-state index contributed by atoms with van der Waals surface area (Å²) < 4.78 is 4.99. The van der Waals surface area contributed by atoms with E-state index < -0.39 is 6.10 Å². The van der Waals surface area contributed by atoms with Crippen LogP contribution in [0.1, 0.15) is 0 Å². The van der Waals surface area contributed by atoms with Gasteiger partial charge in [-0.2, -0.15) is 0 Å².